The number of esters is 1. The SMILES string of the molecule is CC1=NN=C2C1c1sc(C)c(C)c1C(c1ccc(Cl)cc1)=N[C@H]2CC(=O)OC(C)(C)C. The number of ether oxygens (including phenoxy) is 1. The number of carbonyl (C=O) groups is 1. The lowest BCUT2D eigenvalue weighted by Crippen LogP contribution is -2.31. The fourth-order valence-corrected chi connectivity index (χ4v) is 5.48. The largest absolute Gasteiger partial charge is 0.460 e. The van der Waals surface area contributed by atoms with Crippen LogP contribution in [0.4, 0.5) is 0 Å². The minimum absolute atomic E-state index is 0.0617. The fourth-order valence-electron chi connectivity index (χ4n) is 4.00. The molecule has 4 rings (SSSR count). The summed E-state index contributed by atoms with van der Waals surface area (Å²) in [4.78, 5) is 20.3. The van der Waals surface area contributed by atoms with Crippen molar-refractivity contribution in [3.8, 4) is 0 Å². The Hall–Kier alpha value is -2.31. The number of aliphatic imine (C=N–C) groups is 1. The number of aryl methyl sites for hydroxylation is 1. The van der Waals surface area contributed by atoms with Crippen molar-refractivity contribution in [3.05, 3.63) is 55.7 Å². The molecule has 2 aliphatic rings. The maximum absolute atomic E-state index is 12.7. The summed E-state index contributed by atoms with van der Waals surface area (Å²) in [6.07, 6.45) is 0.124. The quantitative estimate of drug-likeness (QED) is 0.542. The van der Waals surface area contributed by atoms with E-state index in [1.165, 1.54) is 15.3 Å². The molecule has 3 heterocycles. The van der Waals surface area contributed by atoms with Crippen LogP contribution in [0.3, 0.4) is 0 Å². The number of thiophene rings is 1. The van der Waals surface area contributed by atoms with Gasteiger partial charge >= 0.3 is 5.97 Å². The average molecular weight is 456 g/mol. The third-order valence-corrected chi connectivity index (χ3v) is 7.00. The van der Waals surface area contributed by atoms with Crippen LogP contribution < -0.4 is 0 Å². The smallest absolute Gasteiger partial charge is 0.308 e. The fraction of sp³-hybridized carbons (Fsp3) is 0.417. The van der Waals surface area contributed by atoms with Crippen molar-refractivity contribution in [1.29, 1.82) is 0 Å². The van der Waals surface area contributed by atoms with Crippen molar-refractivity contribution in [2.45, 2.75) is 65.5 Å². The summed E-state index contributed by atoms with van der Waals surface area (Å²) in [5.74, 6) is -0.353. The lowest BCUT2D eigenvalue weighted by molar-refractivity contribution is -0.154. The van der Waals surface area contributed by atoms with Gasteiger partial charge in [0.05, 0.1) is 29.5 Å². The lowest BCUT2D eigenvalue weighted by atomic mass is 9.88. The molecule has 0 radical (unpaired) electrons. The molecule has 1 aromatic heterocycles. The van der Waals surface area contributed by atoms with Crippen LogP contribution in [0.25, 0.3) is 0 Å². The van der Waals surface area contributed by atoms with Gasteiger partial charge < -0.3 is 4.74 Å². The summed E-state index contributed by atoms with van der Waals surface area (Å²) in [5.41, 5.74) is 5.34. The van der Waals surface area contributed by atoms with E-state index in [2.05, 4.69) is 24.1 Å². The molecule has 2 atom stereocenters. The van der Waals surface area contributed by atoms with Gasteiger partial charge in [0.1, 0.15) is 11.6 Å². The zero-order chi connectivity index (χ0) is 22.5. The van der Waals surface area contributed by atoms with E-state index in [-0.39, 0.29) is 18.3 Å². The molecule has 0 N–H and O–H groups in total. The molecule has 5 nitrogen and oxygen atoms in total. The molecule has 0 amide bonds. The molecule has 0 saturated heterocycles. The van der Waals surface area contributed by atoms with Crippen molar-refractivity contribution >= 4 is 46.0 Å². The molecule has 162 valence electrons. The minimum Gasteiger partial charge on any atom is -0.460 e. The molecule has 0 aliphatic carbocycles. The Kier molecular flexibility index (Phi) is 5.64. The van der Waals surface area contributed by atoms with E-state index < -0.39 is 11.6 Å². The van der Waals surface area contributed by atoms with Crippen LogP contribution in [0.1, 0.15) is 66.5 Å². The zero-order valence-electron chi connectivity index (χ0n) is 18.6. The molecule has 0 fully saturated rings. The molecule has 31 heavy (non-hydrogen) atoms. The molecule has 0 saturated carbocycles. The number of nitrogens with zero attached hydrogens (tertiary/aromatic N) is 3. The maximum atomic E-state index is 12.7. The summed E-state index contributed by atoms with van der Waals surface area (Å²) in [5, 5.41) is 9.53. The van der Waals surface area contributed by atoms with Gasteiger partial charge in [-0.3, -0.25) is 9.79 Å². The zero-order valence-corrected chi connectivity index (χ0v) is 20.2. The van der Waals surface area contributed by atoms with E-state index in [1.807, 2.05) is 52.0 Å². The predicted octanol–water partition coefficient (Wildman–Crippen LogP) is 5.88. The molecule has 1 unspecified atom stereocenters. The van der Waals surface area contributed by atoms with Crippen molar-refractivity contribution in [2.24, 2.45) is 15.2 Å². The van der Waals surface area contributed by atoms with Gasteiger partial charge in [0.15, 0.2) is 0 Å². The Morgan fingerprint density at radius 3 is 2.45 bits per heavy atom. The van der Waals surface area contributed by atoms with Gasteiger partial charge in [-0.1, -0.05) is 23.7 Å². The molecule has 1 aromatic carbocycles. The normalized spacial score (nSPS) is 20.3. The van der Waals surface area contributed by atoms with E-state index in [4.69, 9.17) is 21.3 Å². The van der Waals surface area contributed by atoms with Crippen molar-refractivity contribution in [3.63, 3.8) is 0 Å². The molecule has 0 bridgehead atoms. The second-order valence-corrected chi connectivity index (χ2v) is 10.7. The Morgan fingerprint density at radius 2 is 1.81 bits per heavy atom. The van der Waals surface area contributed by atoms with E-state index in [0.29, 0.717) is 5.02 Å². The average Bonchev–Trinajstić information content (AvgIpc) is 3.14. The van der Waals surface area contributed by atoms with Crippen molar-refractivity contribution < 1.29 is 9.53 Å². The minimum atomic E-state index is -0.555. The first-order valence-corrected chi connectivity index (χ1v) is 11.5. The summed E-state index contributed by atoms with van der Waals surface area (Å²) in [6.45, 7) is 11.9. The molecule has 7 heteroatoms. The summed E-state index contributed by atoms with van der Waals surface area (Å²) < 4.78 is 5.60. The van der Waals surface area contributed by atoms with Crippen LogP contribution in [0.2, 0.25) is 5.02 Å². The van der Waals surface area contributed by atoms with Gasteiger partial charge in [-0.05, 0) is 59.2 Å². The monoisotopic (exact) mass is 455 g/mol. The van der Waals surface area contributed by atoms with Gasteiger partial charge in [0.25, 0.3) is 0 Å². The standard InChI is InChI=1S/C24H26ClN3O2S/c1-12-14(3)31-23-19(12)21(15-7-9-16(25)10-8-15)26-17(11-18(29)30-24(4,5)6)22-20(23)13(2)27-28-22/h7-10,17,20H,11H2,1-6H3/t17-,20?/m0/s1. The summed E-state index contributed by atoms with van der Waals surface area (Å²) >= 11 is 7.90. The highest BCUT2D eigenvalue weighted by atomic mass is 35.5. The Bertz CT molecular complexity index is 1140. The predicted molar refractivity (Wildman–Crippen MR) is 128 cm³/mol. The van der Waals surface area contributed by atoms with Crippen molar-refractivity contribution in [2.75, 3.05) is 0 Å². The van der Waals surface area contributed by atoms with Gasteiger partial charge in [-0.2, -0.15) is 10.2 Å². The van der Waals surface area contributed by atoms with E-state index in [1.54, 1.807) is 11.3 Å². The second-order valence-electron chi connectivity index (χ2n) is 9.01. The van der Waals surface area contributed by atoms with Gasteiger partial charge in [-0.15, -0.1) is 11.3 Å². The highest BCUT2D eigenvalue weighted by Gasteiger charge is 2.40. The van der Waals surface area contributed by atoms with E-state index >= 15 is 0 Å². The lowest BCUT2D eigenvalue weighted by Gasteiger charge is -2.22. The maximum Gasteiger partial charge on any atom is 0.308 e. The van der Waals surface area contributed by atoms with Crippen molar-refractivity contribution in [1.82, 2.24) is 0 Å². The van der Waals surface area contributed by atoms with E-state index in [0.717, 1.165) is 28.3 Å². The Labute approximate surface area is 191 Å². The summed E-state index contributed by atoms with van der Waals surface area (Å²) in [7, 11) is 0. The first kappa shape index (κ1) is 21.9. The summed E-state index contributed by atoms with van der Waals surface area (Å²) in [6, 6.07) is 7.25. The van der Waals surface area contributed by atoms with Gasteiger partial charge in [0, 0.05) is 25.9 Å². The third-order valence-electron chi connectivity index (χ3n) is 5.47. The molecular weight excluding hydrogens is 430 g/mol. The van der Waals surface area contributed by atoms with Crippen LogP contribution in [0.5, 0.6) is 0 Å². The Morgan fingerprint density at radius 1 is 1.13 bits per heavy atom. The Balaban J connectivity index is 1.87. The number of hydrogen-bond donors (Lipinski definition) is 0. The van der Waals surface area contributed by atoms with Gasteiger partial charge in [-0.25, -0.2) is 0 Å². The second kappa shape index (κ2) is 7.99. The highest BCUT2D eigenvalue weighted by molar-refractivity contribution is 7.13. The van der Waals surface area contributed by atoms with Crippen LogP contribution in [-0.2, 0) is 9.53 Å². The number of rotatable bonds is 3. The van der Waals surface area contributed by atoms with Crippen LogP contribution >= 0.6 is 22.9 Å². The molecule has 2 aromatic rings. The molecular formula is C24H26ClN3O2S. The first-order chi connectivity index (χ1) is 14.5. The molecule has 2 aliphatic heterocycles. The molecule has 0 spiro atoms. The van der Waals surface area contributed by atoms with Gasteiger partial charge in [0.2, 0.25) is 0 Å². The third kappa shape index (κ3) is 4.23. The van der Waals surface area contributed by atoms with Crippen LogP contribution in [0, 0.1) is 13.8 Å². The number of halogens is 1. The van der Waals surface area contributed by atoms with E-state index in [9.17, 15) is 4.79 Å². The number of carbonyl (C=O) groups excluding carboxylic acids is 1. The first-order valence-electron chi connectivity index (χ1n) is 10.3. The number of hydrogen-bond acceptors (Lipinski definition) is 6. The topological polar surface area (TPSA) is 63.4 Å². The highest BCUT2D eigenvalue weighted by Crippen LogP contribution is 2.41. The number of fused-ring (bicyclic) bond motifs is 3. The number of benzene rings is 1. The van der Waals surface area contributed by atoms with Crippen LogP contribution in [0.15, 0.2) is 39.5 Å². The van der Waals surface area contributed by atoms with Crippen LogP contribution in [-0.4, -0.2) is 34.7 Å².